The van der Waals surface area contributed by atoms with Gasteiger partial charge in [0, 0.05) is 36.7 Å². The van der Waals surface area contributed by atoms with Crippen molar-refractivity contribution in [1.82, 2.24) is 14.9 Å². The van der Waals surface area contributed by atoms with Gasteiger partial charge in [0.25, 0.3) is 0 Å². The number of amides is 1. The number of hydrogen-bond donors (Lipinski definition) is 1. The van der Waals surface area contributed by atoms with Gasteiger partial charge in [0.05, 0.1) is 11.8 Å². The van der Waals surface area contributed by atoms with Gasteiger partial charge >= 0.3 is 0 Å². The second kappa shape index (κ2) is 9.58. The van der Waals surface area contributed by atoms with Crippen LogP contribution in [0, 0.1) is 0 Å². The zero-order valence-electron chi connectivity index (χ0n) is 18.7. The first-order valence-electron chi connectivity index (χ1n) is 11.4. The average Bonchev–Trinajstić information content (AvgIpc) is 3.28. The molecule has 1 aliphatic heterocycles. The molecule has 2 aromatic carbocycles. The fourth-order valence-electron chi connectivity index (χ4n) is 4.13. The molecule has 1 amide bonds. The van der Waals surface area contributed by atoms with Gasteiger partial charge in [-0.25, -0.2) is 4.98 Å². The predicted molar refractivity (Wildman–Crippen MR) is 135 cm³/mol. The van der Waals surface area contributed by atoms with E-state index in [0.717, 1.165) is 46.8 Å². The van der Waals surface area contributed by atoms with E-state index in [1.54, 1.807) is 11.3 Å². The summed E-state index contributed by atoms with van der Waals surface area (Å²) < 4.78 is 0. The Balaban J connectivity index is 1.35. The van der Waals surface area contributed by atoms with E-state index in [-0.39, 0.29) is 5.91 Å². The van der Waals surface area contributed by atoms with E-state index in [1.165, 1.54) is 4.88 Å². The number of aromatic nitrogens is 2. The van der Waals surface area contributed by atoms with Crippen LogP contribution in [0.15, 0.2) is 66.7 Å². The number of nitrogens with one attached hydrogen (secondary N) is 1. The third-order valence-corrected chi connectivity index (χ3v) is 7.11. The van der Waals surface area contributed by atoms with Gasteiger partial charge in [-0.2, -0.15) is 4.98 Å². The van der Waals surface area contributed by atoms with Crippen LogP contribution in [-0.4, -0.2) is 47.0 Å². The zero-order valence-corrected chi connectivity index (χ0v) is 19.5. The van der Waals surface area contributed by atoms with E-state index in [2.05, 4.69) is 23.2 Å². The molecule has 33 heavy (non-hydrogen) atoms. The molecule has 0 unspecified atom stereocenters. The van der Waals surface area contributed by atoms with Crippen LogP contribution in [0.5, 0.6) is 0 Å². The summed E-state index contributed by atoms with van der Waals surface area (Å²) in [6.07, 6.45) is 1.43. The number of carbonyl (C=O) groups excluding carboxylic acids is 1. The van der Waals surface area contributed by atoms with E-state index < -0.39 is 0 Å². The highest BCUT2D eigenvalue weighted by atomic mass is 32.1. The molecule has 4 aromatic rings. The summed E-state index contributed by atoms with van der Waals surface area (Å²) in [6.45, 7) is 5.08. The largest absolute Gasteiger partial charge is 0.352 e. The van der Waals surface area contributed by atoms with Crippen molar-refractivity contribution in [3.05, 3.63) is 77.2 Å². The molecule has 0 spiro atoms. The highest BCUT2D eigenvalue weighted by Gasteiger charge is 2.24. The molecule has 168 valence electrons. The number of aryl methyl sites for hydroxylation is 1. The third kappa shape index (κ3) is 4.83. The molecule has 2 aromatic heterocycles. The normalized spacial score (nSPS) is 14.0. The second-order valence-electron chi connectivity index (χ2n) is 8.18. The van der Waals surface area contributed by atoms with Crippen LogP contribution in [-0.2, 0) is 17.6 Å². The molecule has 7 heteroatoms. The third-order valence-electron chi connectivity index (χ3n) is 5.93. The molecule has 0 aliphatic carbocycles. The molecule has 0 radical (unpaired) electrons. The van der Waals surface area contributed by atoms with Crippen molar-refractivity contribution in [1.29, 1.82) is 0 Å². The molecule has 0 atom stereocenters. The van der Waals surface area contributed by atoms with Crippen LogP contribution in [0.2, 0.25) is 0 Å². The maximum atomic E-state index is 12.8. The van der Waals surface area contributed by atoms with Crippen molar-refractivity contribution in [2.75, 3.05) is 36.4 Å². The summed E-state index contributed by atoms with van der Waals surface area (Å²) in [5.74, 6) is 1.74. The van der Waals surface area contributed by atoms with Crippen LogP contribution in [0.25, 0.3) is 10.2 Å². The van der Waals surface area contributed by atoms with Crippen molar-refractivity contribution in [2.45, 2.75) is 19.8 Å². The smallest absolute Gasteiger partial charge is 0.230 e. The Hall–Kier alpha value is -3.45. The molecule has 1 saturated heterocycles. The summed E-state index contributed by atoms with van der Waals surface area (Å²) >= 11 is 1.72. The monoisotopic (exact) mass is 457 g/mol. The minimum Gasteiger partial charge on any atom is -0.352 e. The summed E-state index contributed by atoms with van der Waals surface area (Å²) in [4.78, 5) is 29.1. The molecular weight excluding hydrogens is 430 g/mol. The number of hydrogen-bond acceptors (Lipinski definition) is 6. The highest BCUT2D eigenvalue weighted by molar-refractivity contribution is 7.18. The molecule has 5 rings (SSSR count). The highest BCUT2D eigenvalue weighted by Crippen LogP contribution is 2.33. The molecule has 1 fully saturated rings. The van der Waals surface area contributed by atoms with Gasteiger partial charge < -0.3 is 15.1 Å². The number of thiophene rings is 1. The number of fused-ring (bicyclic) bond motifs is 1. The van der Waals surface area contributed by atoms with E-state index in [0.29, 0.717) is 25.5 Å². The number of carbonyl (C=O) groups is 1. The number of anilines is 3. The van der Waals surface area contributed by atoms with Gasteiger partial charge in [0.2, 0.25) is 11.9 Å². The number of para-hydroxylation sites is 1. The lowest BCUT2D eigenvalue weighted by molar-refractivity contribution is -0.130. The van der Waals surface area contributed by atoms with E-state index >= 15 is 0 Å². The zero-order chi connectivity index (χ0) is 22.6. The molecule has 0 bridgehead atoms. The van der Waals surface area contributed by atoms with Gasteiger partial charge in [0.1, 0.15) is 10.6 Å². The summed E-state index contributed by atoms with van der Waals surface area (Å²) in [5.41, 5.74) is 2.02. The first-order valence-corrected chi connectivity index (χ1v) is 12.2. The van der Waals surface area contributed by atoms with Crippen molar-refractivity contribution in [3.8, 4) is 0 Å². The number of rotatable bonds is 6. The molecule has 1 N–H and O–H groups in total. The maximum Gasteiger partial charge on any atom is 0.230 e. The van der Waals surface area contributed by atoms with Gasteiger partial charge in [-0.1, -0.05) is 55.5 Å². The Morgan fingerprint density at radius 1 is 0.970 bits per heavy atom. The van der Waals surface area contributed by atoms with Gasteiger partial charge in [-0.05, 0) is 30.2 Å². The van der Waals surface area contributed by atoms with Crippen LogP contribution in [0.1, 0.15) is 17.4 Å². The topological polar surface area (TPSA) is 61.4 Å². The van der Waals surface area contributed by atoms with E-state index in [1.807, 2.05) is 65.6 Å². The minimum atomic E-state index is 0.184. The lowest BCUT2D eigenvalue weighted by Crippen LogP contribution is -2.49. The van der Waals surface area contributed by atoms with Crippen LogP contribution in [0.4, 0.5) is 17.5 Å². The Bertz CT molecular complexity index is 1230. The number of benzene rings is 2. The fraction of sp³-hybridized carbons (Fsp3) is 0.269. The van der Waals surface area contributed by atoms with Crippen molar-refractivity contribution in [3.63, 3.8) is 0 Å². The van der Waals surface area contributed by atoms with Crippen molar-refractivity contribution in [2.24, 2.45) is 0 Å². The molecule has 6 nitrogen and oxygen atoms in total. The number of piperazine rings is 1. The SMILES string of the molecule is CCc1cc2c(N3CCN(C(=O)Cc4ccccc4)CC3)nc(Nc3ccccc3)nc2s1. The standard InChI is InChI=1S/C26H27N5OS/c1-2-21-18-22-24(28-26(29-25(22)33-21)27-20-11-7-4-8-12-20)31-15-13-30(14-16-31)23(32)17-19-9-5-3-6-10-19/h3-12,18H,2,13-17H2,1H3,(H,27,28,29). The van der Waals surface area contributed by atoms with Gasteiger partial charge in [-0.3, -0.25) is 4.79 Å². The molecular formula is C26H27N5OS. The van der Waals surface area contributed by atoms with Gasteiger partial charge in [-0.15, -0.1) is 11.3 Å². The lowest BCUT2D eigenvalue weighted by atomic mass is 10.1. The fourth-order valence-corrected chi connectivity index (χ4v) is 5.09. The van der Waals surface area contributed by atoms with Crippen LogP contribution < -0.4 is 10.2 Å². The first-order chi connectivity index (χ1) is 16.2. The second-order valence-corrected chi connectivity index (χ2v) is 9.29. The van der Waals surface area contributed by atoms with Crippen molar-refractivity contribution >= 4 is 44.9 Å². The molecule has 0 saturated carbocycles. The van der Waals surface area contributed by atoms with Crippen LogP contribution in [0.3, 0.4) is 0 Å². The quantitative estimate of drug-likeness (QED) is 0.447. The van der Waals surface area contributed by atoms with Gasteiger partial charge in [0.15, 0.2) is 0 Å². The van der Waals surface area contributed by atoms with E-state index in [4.69, 9.17) is 9.97 Å². The number of nitrogens with zero attached hydrogens (tertiary/aromatic N) is 4. The van der Waals surface area contributed by atoms with E-state index in [9.17, 15) is 4.79 Å². The Labute approximate surface area is 197 Å². The maximum absolute atomic E-state index is 12.8. The van der Waals surface area contributed by atoms with Crippen molar-refractivity contribution < 1.29 is 4.79 Å². The Morgan fingerprint density at radius 2 is 1.67 bits per heavy atom. The summed E-state index contributed by atoms with van der Waals surface area (Å²) in [5, 5.41) is 4.45. The Kier molecular flexibility index (Phi) is 6.21. The lowest BCUT2D eigenvalue weighted by Gasteiger charge is -2.35. The molecule has 1 aliphatic rings. The summed E-state index contributed by atoms with van der Waals surface area (Å²) in [6, 6.07) is 22.2. The van der Waals surface area contributed by atoms with Crippen LogP contribution >= 0.6 is 11.3 Å². The first kappa shape index (κ1) is 21.4. The predicted octanol–water partition coefficient (Wildman–Crippen LogP) is 4.89. The Morgan fingerprint density at radius 3 is 2.36 bits per heavy atom. The summed E-state index contributed by atoms with van der Waals surface area (Å²) in [7, 11) is 0. The minimum absolute atomic E-state index is 0.184. The molecule has 3 heterocycles. The average molecular weight is 458 g/mol.